The minimum absolute atomic E-state index is 0.403. The Labute approximate surface area is 117 Å². The zero-order valence-electron chi connectivity index (χ0n) is 10.7. The molecule has 0 saturated heterocycles. The van der Waals surface area contributed by atoms with Gasteiger partial charge in [-0.25, -0.2) is 0 Å². The number of nitrogens with one attached hydrogen (secondary N) is 1. The van der Waals surface area contributed by atoms with Crippen LogP contribution in [0.5, 0.6) is 0 Å². The first-order valence-electron chi connectivity index (χ1n) is 6.40. The number of hydrogen-bond donors (Lipinski definition) is 2. The van der Waals surface area contributed by atoms with Crippen molar-refractivity contribution in [1.29, 1.82) is 0 Å². The van der Waals surface area contributed by atoms with Gasteiger partial charge < -0.3 is 0 Å². The van der Waals surface area contributed by atoms with Crippen LogP contribution < -0.4 is 11.3 Å². The Balaban J connectivity index is 2.61. The predicted molar refractivity (Wildman–Crippen MR) is 80.1 cm³/mol. The van der Waals surface area contributed by atoms with Gasteiger partial charge >= 0.3 is 0 Å². The van der Waals surface area contributed by atoms with E-state index in [9.17, 15) is 0 Å². The highest BCUT2D eigenvalue weighted by Gasteiger charge is 2.19. The van der Waals surface area contributed by atoms with Crippen LogP contribution in [-0.2, 0) is 6.42 Å². The summed E-state index contributed by atoms with van der Waals surface area (Å²) >= 11 is 5.31. The van der Waals surface area contributed by atoms with Gasteiger partial charge in [-0.3, -0.25) is 11.3 Å². The molecule has 1 heterocycles. The van der Waals surface area contributed by atoms with Crippen LogP contribution in [0.2, 0.25) is 0 Å². The molecule has 2 nitrogen and oxygen atoms in total. The molecule has 0 aliphatic carbocycles. The molecule has 0 aliphatic heterocycles. The number of hydrazine groups is 1. The van der Waals surface area contributed by atoms with Crippen molar-refractivity contribution < 1.29 is 0 Å². The van der Waals surface area contributed by atoms with Gasteiger partial charge in [0.05, 0.1) is 0 Å². The van der Waals surface area contributed by atoms with Gasteiger partial charge in [-0.15, -0.1) is 11.3 Å². The standard InChI is InChI=1S/C13H23BrN2S/c1-3-5-10(6-4-2)13(16-15)8-12-7-11(14)9-17-12/h7,9-10,13,16H,3-6,8,15H2,1-2H3. The highest BCUT2D eigenvalue weighted by atomic mass is 79.9. The van der Waals surface area contributed by atoms with E-state index in [2.05, 4.69) is 46.6 Å². The Hall–Kier alpha value is 0.1000. The van der Waals surface area contributed by atoms with Crippen LogP contribution in [0.15, 0.2) is 15.9 Å². The van der Waals surface area contributed by atoms with E-state index in [-0.39, 0.29) is 0 Å². The van der Waals surface area contributed by atoms with Crippen molar-refractivity contribution >= 4 is 27.3 Å². The third-order valence-electron chi connectivity index (χ3n) is 3.14. The average Bonchev–Trinajstić information content (AvgIpc) is 2.72. The van der Waals surface area contributed by atoms with Crippen LogP contribution >= 0.6 is 27.3 Å². The van der Waals surface area contributed by atoms with E-state index in [0.717, 1.165) is 6.42 Å². The van der Waals surface area contributed by atoms with E-state index in [4.69, 9.17) is 5.84 Å². The van der Waals surface area contributed by atoms with Gasteiger partial charge in [0.25, 0.3) is 0 Å². The molecule has 1 aromatic heterocycles. The van der Waals surface area contributed by atoms with Crippen LogP contribution in [0.25, 0.3) is 0 Å². The van der Waals surface area contributed by atoms with Crippen molar-refractivity contribution in [3.63, 3.8) is 0 Å². The third-order valence-corrected chi connectivity index (χ3v) is 4.86. The van der Waals surface area contributed by atoms with E-state index < -0.39 is 0 Å². The van der Waals surface area contributed by atoms with Crippen molar-refractivity contribution in [2.24, 2.45) is 11.8 Å². The van der Waals surface area contributed by atoms with Crippen molar-refractivity contribution in [2.75, 3.05) is 0 Å². The summed E-state index contributed by atoms with van der Waals surface area (Å²) in [6, 6.07) is 2.60. The summed E-state index contributed by atoms with van der Waals surface area (Å²) in [7, 11) is 0. The Kier molecular flexibility index (Phi) is 7.35. The molecule has 4 heteroatoms. The highest BCUT2D eigenvalue weighted by molar-refractivity contribution is 9.10. The monoisotopic (exact) mass is 318 g/mol. The van der Waals surface area contributed by atoms with Gasteiger partial charge in [-0.2, -0.15) is 0 Å². The van der Waals surface area contributed by atoms with Gasteiger partial charge in [0, 0.05) is 20.8 Å². The van der Waals surface area contributed by atoms with Gasteiger partial charge in [-0.05, 0) is 47.2 Å². The Morgan fingerprint density at radius 1 is 1.35 bits per heavy atom. The van der Waals surface area contributed by atoms with Crippen molar-refractivity contribution in [3.8, 4) is 0 Å². The molecule has 98 valence electrons. The number of rotatable bonds is 8. The number of hydrogen-bond acceptors (Lipinski definition) is 3. The minimum Gasteiger partial charge on any atom is -0.271 e. The summed E-state index contributed by atoms with van der Waals surface area (Å²) in [5.41, 5.74) is 3.02. The third kappa shape index (κ3) is 5.08. The normalized spacial score (nSPS) is 13.2. The lowest BCUT2D eigenvalue weighted by atomic mass is 9.88. The zero-order chi connectivity index (χ0) is 12.7. The molecule has 0 saturated carbocycles. The Bertz CT molecular complexity index is 308. The summed E-state index contributed by atoms with van der Waals surface area (Å²) in [6.07, 6.45) is 6.02. The predicted octanol–water partition coefficient (Wildman–Crippen LogP) is 4.10. The van der Waals surface area contributed by atoms with Crippen LogP contribution in [0.4, 0.5) is 0 Å². The fourth-order valence-corrected chi connectivity index (χ4v) is 3.84. The molecule has 0 bridgehead atoms. The molecule has 0 fully saturated rings. The minimum atomic E-state index is 0.403. The molecule has 0 radical (unpaired) electrons. The molecule has 1 unspecified atom stereocenters. The van der Waals surface area contributed by atoms with Crippen molar-refractivity contribution in [1.82, 2.24) is 5.43 Å². The van der Waals surface area contributed by atoms with Gasteiger partial charge in [0.1, 0.15) is 0 Å². The summed E-state index contributed by atoms with van der Waals surface area (Å²) in [5, 5.41) is 2.14. The summed E-state index contributed by atoms with van der Waals surface area (Å²) in [6.45, 7) is 4.50. The molecule has 17 heavy (non-hydrogen) atoms. The molecular formula is C13H23BrN2S. The van der Waals surface area contributed by atoms with E-state index in [1.165, 1.54) is 35.0 Å². The smallest absolute Gasteiger partial charge is 0.0286 e. The summed E-state index contributed by atoms with van der Waals surface area (Å²) < 4.78 is 1.18. The lowest BCUT2D eigenvalue weighted by Gasteiger charge is -2.25. The lowest BCUT2D eigenvalue weighted by Crippen LogP contribution is -2.42. The average molecular weight is 319 g/mol. The van der Waals surface area contributed by atoms with Crippen molar-refractivity contribution in [2.45, 2.75) is 52.0 Å². The first-order chi connectivity index (χ1) is 8.21. The van der Waals surface area contributed by atoms with E-state index >= 15 is 0 Å². The second-order valence-corrected chi connectivity index (χ2v) is 6.46. The molecule has 3 N–H and O–H groups in total. The summed E-state index contributed by atoms with van der Waals surface area (Å²) in [4.78, 5) is 1.40. The van der Waals surface area contributed by atoms with Crippen molar-refractivity contribution in [3.05, 3.63) is 20.8 Å². The maximum absolute atomic E-state index is 5.73. The maximum Gasteiger partial charge on any atom is 0.0286 e. The molecule has 1 rings (SSSR count). The first kappa shape index (κ1) is 15.2. The van der Waals surface area contributed by atoms with Gasteiger partial charge in [0.2, 0.25) is 0 Å². The molecule has 0 amide bonds. The molecular weight excluding hydrogens is 296 g/mol. The topological polar surface area (TPSA) is 38.0 Å². The number of nitrogens with two attached hydrogens (primary N) is 1. The van der Waals surface area contributed by atoms with Crippen LogP contribution in [0.1, 0.15) is 44.4 Å². The quantitative estimate of drug-likeness (QED) is 0.559. The SMILES string of the molecule is CCCC(CCC)C(Cc1cc(Br)cs1)NN. The van der Waals surface area contributed by atoms with Crippen LogP contribution in [-0.4, -0.2) is 6.04 Å². The molecule has 1 atom stereocenters. The van der Waals surface area contributed by atoms with Crippen LogP contribution in [0.3, 0.4) is 0 Å². The molecule has 0 spiro atoms. The fraction of sp³-hybridized carbons (Fsp3) is 0.692. The fourth-order valence-electron chi connectivity index (χ4n) is 2.33. The first-order valence-corrected chi connectivity index (χ1v) is 8.07. The number of halogens is 1. The Morgan fingerprint density at radius 2 is 2.00 bits per heavy atom. The zero-order valence-corrected chi connectivity index (χ0v) is 13.1. The second-order valence-electron chi connectivity index (χ2n) is 4.55. The highest BCUT2D eigenvalue weighted by Crippen LogP contribution is 2.25. The van der Waals surface area contributed by atoms with E-state index in [0.29, 0.717) is 12.0 Å². The van der Waals surface area contributed by atoms with E-state index in [1.807, 2.05) is 0 Å². The second kappa shape index (κ2) is 8.25. The largest absolute Gasteiger partial charge is 0.271 e. The van der Waals surface area contributed by atoms with Gasteiger partial charge in [0.15, 0.2) is 0 Å². The lowest BCUT2D eigenvalue weighted by molar-refractivity contribution is 0.312. The summed E-state index contributed by atoms with van der Waals surface area (Å²) in [5.74, 6) is 6.42. The molecule has 1 aromatic rings. The molecule has 0 aliphatic rings. The van der Waals surface area contributed by atoms with Gasteiger partial charge in [-0.1, -0.05) is 26.7 Å². The maximum atomic E-state index is 5.73. The van der Waals surface area contributed by atoms with Crippen LogP contribution in [0, 0.1) is 5.92 Å². The number of thiophene rings is 1. The molecule has 0 aromatic carbocycles. The Morgan fingerprint density at radius 3 is 2.41 bits per heavy atom. The van der Waals surface area contributed by atoms with E-state index in [1.54, 1.807) is 11.3 Å².